The van der Waals surface area contributed by atoms with Gasteiger partial charge in [0.2, 0.25) is 15.9 Å². The number of halogens is 1. The van der Waals surface area contributed by atoms with Gasteiger partial charge in [-0.25, -0.2) is 21.2 Å². The first-order valence-electron chi connectivity index (χ1n) is 10.3. The Bertz CT molecular complexity index is 977. The monoisotopic (exact) mass is 460 g/mol. The third kappa shape index (κ3) is 5.20. The molecule has 3 rings (SSSR count). The number of carbonyl (C=O) groups excluding carboxylic acids is 1. The number of rotatable bonds is 6. The minimum atomic E-state index is -3.83. The van der Waals surface area contributed by atoms with Crippen LogP contribution in [0.3, 0.4) is 0 Å². The highest BCUT2D eigenvalue weighted by Crippen LogP contribution is 2.28. The summed E-state index contributed by atoms with van der Waals surface area (Å²) in [5, 5.41) is 0. The lowest BCUT2D eigenvalue weighted by Crippen LogP contribution is -2.50. The summed E-state index contributed by atoms with van der Waals surface area (Å²) in [6.45, 7) is 4.73. The molecule has 0 N–H and O–H groups in total. The minimum absolute atomic E-state index is 0.00192. The Hall–Kier alpha value is -1.52. The van der Waals surface area contributed by atoms with Gasteiger partial charge in [0.1, 0.15) is 5.82 Å². The smallest absolute Gasteiger partial charge is 0.243 e. The van der Waals surface area contributed by atoms with E-state index in [2.05, 4.69) is 0 Å². The highest BCUT2D eigenvalue weighted by molar-refractivity contribution is 7.91. The van der Waals surface area contributed by atoms with Crippen LogP contribution in [0.2, 0.25) is 0 Å². The molecule has 0 radical (unpaired) electrons. The van der Waals surface area contributed by atoms with Crippen LogP contribution >= 0.6 is 0 Å². The molecule has 0 bridgehead atoms. The third-order valence-electron chi connectivity index (χ3n) is 5.68. The van der Waals surface area contributed by atoms with Crippen molar-refractivity contribution in [1.29, 1.82) is 0 Å². The van der Waals surface area contributed by atoms with Gasteiger partial charge in [0.25, 0.3) is 0 Å². The van der Waals surface area contributed by atoms with Crippen molar-refractivity contribution in [3.8, 4) is 0 Å². The quantitative estimate of drug-likeness (QED) is 0.647. The summed E-state index contributed by atoms with van der Waals surface area (Å²) in [4.78, 5) is 15.0. The summed E-state index contributed by atoms with van der Waals surface area (Å²) < 4.78 is 64.3. The predicted molar refractivity (Wildman–Crippen MR) is 111 cm³/mol. The molecule has 2 unspecified atom stereocenters. The summed E-state index contributed by atoms with van der Waals surface area (Å²) in [6, 6.07) is 4.30. The van der Waals surface area contributed by atoms with Crippen LogP contribution in [0.1, 0.15) is 33.1 Å². The van der Waals surface area contributed by atoms with E-state index < -0.39 is 31.6 Å². The maximum Gasteiger partial charge on any atom is 0.243 e. The standard InChI is InChI=1S/C20H29FN2O5S2/c1-15(2)12-23(18-9-11-29(25,26)14-18)20(24)16-4-3-10-22(13-16)30(27,28)19-7-5-17(21)6-8-19/h5-8,15-16,18H,3-4,9-14H2,1-2H3. The predicted octanol–water partition coefficient (Wildman–Crippen LogP) is 1.90. The molecule has 0 aromatic heterocycles. The molecular formula is C20H29FN2O5S2. The fourth-order valence-electron chi connectivity index (χ4n) is 4.19. The number of carbonyl (C=O) groups is 1. The first-order chi connectivity index (χ1) is 14.0. The summed E-state index contributed by atoms with van der Waals surface area (Å²) in [5.74, 6) is -0.998. The Balaban J connectivity index is 1.78. The van der Waals surface area contributed by atoms with Gasteiger partial charge in [0.05, 0.1) is 22.3 Å². The Morgan fingerprint density at radius 1 is 1.23 bits per heavy atom. The van der Waals surface area contributed by atoms with Gasteiger partial charge in [-0.1, -0.05) is 13.8 Å². The zero-order valence-corrected chi connectivity index (χ0v) is 19.0. The van der Waals surface area contributed by atoms with Crippen molar-refractivity contribution < 1.29 is 26.0 Å². The summed E-state index contributed by atoms with van der Waals surface area (Å²) in [6.07, 6.45) is 1.52. The number of piperidine rings is 1. The molecule has 0 saturated carbocycles. The van der Waals surface area contributed by atoms with Crippen molar-refractivity contribution in [1.82, 2.24) is 9.21 Å². The molecule has 2 saturated heterocycles. The third-order valence-corrected chi connectivity index (χ3v) is 9.31. The second-order valence-corrected chi connectivity index (χ2v) is 12.8. The Labute approximate surface area is 178 Å². The molecule has 2 fully saturated rings. The number of amides is 1. The van der Waals surface area contributed by atoms with Crippen LogP contribution in [0.15, 0.2) is 29.2 Å². The molecule has 2 heterocycles. The van der Waals surface area contributed by atoms with Crippen LogP contribution in [-0.4, -0.2) is 69.1 Å². The van der Waals surface area contributed by atoms with Gasteiger partial charge in [0.15, 0.2) is 9.84 Å². The first-order valence-corrected chi connectivity index (χ1v) is 13.5. The van der Waals surface area contributed by atoms with Gasteiger partial charge >= 0.3 is 0 Å². The molecule has 1 aromatic rings. The van der Waals surface area contributed by atoms with Crippen LogP contribution in [0.25, 0.3) is 0 Å². The lowest BCUT2D eigenvalue weighted by Gasteiger charge is -2.37. The zero-order valence-electron chi connectivity index (χ0n) is 17.3. The van der Waals surface area contributed by atoms with E-state index >= 15 is 0 Å². The van der Waals surface area contributed by atoms with Crippen molar-refractivity contribution >= 4 is 25.8 Å². The summed E-state index contributed by atoms with van der Waals surface area (Å²) in [7, 11) is -6.98. The lowest BCUT2D eigenvalue weighted by atomic mass is 9.96. The van der Waals surface area contributed by atoms with Gasteiger partial charge in [0, 0.05) is 25.7 Å². The van der Waals surface area contributed by atoms with Gasteiger partial charge in [-0.3, -0.25) is 4.79 Å². The number of hydrogen-bond donors (Lipinski definition) is 0. The van der Waals surface area contributed by atoms with E-state index in [0.717, 1.165) is 12.1 Å². The highest BCUT2D eigenvalue weighted by atomic mass is 32.2. The molecule has 1 aromatic carbocycles. The molecule has 0 spiro atoms. The molecule has 0 aliphatic carbocycles. The van der Waals surface area contributed by atoms with Crippen LogP contribution in [0.5, 0.6) is 0 Å². The molecule has 2 aliphatic rings. The average Bonchev–Trinajstić information content (AvgIpc) is 3.05. The van der Waals surface area contributed by atoms with Gasteiger partial charge in [-0.05, 0) is 49.4 Å². The van der Waals surface area contributed by atoms with Crippen molar-refractivity contribution in [3.05, 3.63) is 30.1 Å². The average molecular weight is 461 g/mol. The van der Waals surface area contributed by atoms with E-state index in [4.69, 9.17) is 0 Å². The molecule has 7 nitrogen and oxygen atoms in total. The van der Waals surface area contributed by atoms with Crippen molar-refractivity contribution in [3.63, 3.8) is 0 Å². The molecule has 1 amide bonds. The minimum Gasteiger partial charge on any atom is -0.338 e. The second kappa shape index (κ2) is 8.92. The van der Waals surface area contributed by atoms with E-state index in [1.165, 1.54) is 16.4 Å². The van der Waals surface area contributed by atoms with Crippen LogP contribution in [-0.2, 0) is 24.7 Å². The van der Waals surface area contributed by atoms with Crippen molar-refractivity contribution in [2.75, 3.05) is 31.1 Å². The van der Waals surface area contributed by atoms with E-state index in [1.807, 2.05) is 13.8 Å². The van der Waals surface area contributed by atoms with Gasteiger partial charge in [-0.2, -0.15) is 4.31 Å². The van der Waals surface area contributed by atoms with Crippen LogP contribution < -0.4 is 0 Å². The maximum atomic E-state index is 13.3. The summed E-state index contributed by atoms with van der Waals surface area (Å²) in [5.41, 5.74) is 0. The van der Waals surface area contributed by atoms with Crippen molar-refractivity contribution in [2.24, 2.45) is 11.8 Å². The fourth-order valence-corrected chi connectivity index (χ4v) is 7.44. The normalized spacial score (nSPS) is 24.8. The van der Waals surface area contributed by atoms with Gasteiger partial charge < -0.3 is 4.90 Å². The number of sulfone groups is 1. The molecule has 2 atom stereocenters. The van der Waals surface area contributed by atoms with E-state index in [0.29, 0.717) is 32.4 Å². The van der Waals surface area contributed by atoms with Crippen LogP contribution in [0.4, 0.5) is 4.39 Å². The number of benzene rings is 1. The number of sulfonamides is 1. The Kier molecular flexibility index (Phi) is 6.88. The molecule has 2 aliphatic heterocycles. The molecular weight excluding hydrogens is 431 g/mol. The number of hydrogen-bond acceptors (Lipinski definition) is 5. The van der Waals surface area contributed by atoms with Crippen molar-refractivity contribution in [2.45, 2.75) is 44.0 Å². The fraction of sp³-hybridized carbons (Fsp3) is 0.650. The van der Waals surface area contributed by atoms with E-state index in [9.17, 15) is 26.0 Å². The first kappa shape index (κ1) is 23.1. The number of nitrogens with zero attached hydrogens (tertiary/aromatic N) is 2. The lowest BCUT2D eigenvalue weighted by molar-refractivity contribution is -0.139. The molecule has 10 heteroatoms. The zero-order chi connectivity index (χ0) is 22.1. The Morgan fingerprint density at radius 3 is 2.47 bits per heavy atom. The SMILES string of the molecule is CC(C)CN(C(=O)C1CCCN(S(=O)(=O)c2ccc(F)cc2)C1)C1CCS(=O)(=O)C1. The molecule has 168 valence electrons. The van der Waals surface area contributed by atoms with Crippen LogP contribution in [0, 0.1) is 17.7 Å². The van der Waals surface area contributed by atoms with Gasteiger partial charge in [-0.15, -0.1) is 0 Å². The maximum absolute atomic E-state index is 13.3. The van der Waals surface area contributed by atoms with E-state index in [-0.39, 0.29) is 40.8 Å². The topological polar surface area (TPSA) is 91.8 Å². The molecule has 30 heavy (non-hydrogen) atoms. The highest BCUT2D eigenvalue weighted by Gasteiger charge is 2.40. The second-order valence-electron chi connectivity index (χ2n) is 8.60. The largest absolute Gasteiger partial charge is 0.338 e. The Morgan fingerprint density at radius 2 is 1.90 bits per heavy atom. The van der Waals surface area contributed by atoms with E-state index in [1.54, 1.807) is 4.90 Å². The summed E-state index contributed by atoms with van der Waals surface area (Å²) >= 11 is 0.